The zero-order valence-corrected chi connectivity index (χ0v) is 18.9. The maximum absolute atomic E-state index is 13.1. The molecule has 2 aliphatic rings. The first-order valence-electron chi connectivity index (χ1n) is 9.83. The Bertz CT molecular complexity index is 1020. The van der Waals surface area contributed by atoms with Crippen LogP contribution in [0.5, 0.6) is 0 Å². The third-order valence-electron chi connectivity index (χ3n) is 6.18. The van der Waals surface area contributed by atoms with Crippen molar-refractivity contribution in [2.45, 2.75) is 18.4 Å². The molecule has 2 aromatic carbocycles. The van der Waals surface area contributed by atoms with Crippen molar-refractivity contribution in [3.63, 3.8) is 0 Å². The number of carboxylic acids is 1. The summed E-state index contributed by atoms with van der Waals surface area (Å²) in [6.07, 6.45) is 0. The summed E-state index contributed by atoms with van der Waals surface area (Å²) in [6, 6.07) is 17.1. The number of halogens is 1. The molecule has 2 N–H and O–H groups in total. The predicted octanol–water partition coefficient (Wildman–Crippen LogP) is 2.66. The van der Waals surface area contributed by atoms with E-state index in [-0.39, 0.29) is 5.92 Å². The van der Waals surface area contributed by atoms with E-state index in [0.29, 0.717) is 26.2 Å². The highest BCUT2D eigenvalue weighted by Gasteiger charge is 2.70. The molecule has 30 heavy (non-hydrogen) atoms. The van der Waals surface area contributed by atoms with Gasteiger partial charge in [0.1, 0.15) is 5.54 Å². The van der Waals surface area contributed by atoms with Crippen LogP contribution < -0.4 is 9.62 Å². The second-order valence-corrected chi connectivity index (χ2v) is 10.4. The quantitative estimate of drug-likeness (QED) is 0.645. The van der Waals surface area contributed by atoms with Crippen LogP contribution in [0.25, 0.3) is 0 Å². The Balaban J connectivity index is 1.47. The molecule has 0 bridgehead atoms. The van der Waals surface area contributed by atoms with E-state index in [1.54, 1.807) is 6.92 Å². The van der Waals surface area contributed by atoms with Crippen LogP contribution in [-0.4, -0.2) is 55.5 Å². The molecule has 9 heteroatoms. The SMILES string of the molecule is CC1[C@H](c2ccccc2)[C@]1(NS(=O)(=O)N1CCN(c2ccc(Br)cc2)CC1)C(=O)O. The molecule has 7 nitrogen and oxygen atoms in total. The molecule has 4 rings (SSSR count). The number of benzene rings is 2. The lowest BCUT2D eigenvalue weighted by molar-refractivity contribution is -0.140. The molecule has 0 spiro atoms. The maximum atomic E-state index is 13.1. The Labute approximate surface area is 185 Å². The molecular formula is C21H24BrN3O4S. The average Bonchev–Trinajstić information content (AvgIpc) is 3.33. The van der Waals surface area contributed by atoms with E-state index in [1.165, 1.54) is 4.31 Å². The molecular weight excluding hydrogens is 470 g/mol. The summed E-state index contributed by atoms with van der Waals surface area (Å²) in [5.41, 5.74) is 0.351. The van der Waals surface area contributed by atoms with Crippen molar-refractivity contribution in [3.05, 3.63) is 64.6 Å². The maximum Gasteiger partial charge on any atom is 0.325 e. The Kier molecular flexibility index (Phi) is 5.65. The Hall–Kier alpha value is -1.94. The number of aliphatic carboxylic acids is 1. The number of carbonyl (C=O) groups is 1. The van der Waals surface area contributed by atoms with Gasteiger partial charge in [-0.3, -0.25) is 4.79 Å². The molecule has 1 unspecified atom stereocenters. The zero-order chi connectivity index (χ0) is 21.5. The van der Waals surface area contributed by atoms with Gasteiger partial charge in [0.25, 0.3) is 10.2 Å². The molecule has 2 aromatic rings. The number of hydrogen-bond acceptors (Lipinski definition) is 4. The van der Waals surface area contributed by atoms with Gasteiger partial charge in [-0.05, 0) is 35.7 Å². The number of rotatable bonds is 6. The molecule has 2 fully saturated rings. The van der Waals surface area contributed by atoms with E-state index in [2.05, 4.69) is 25.6 Å². The first-order chi connectivity index (χ1) is 14.3. The molecule has 1 aliphatic heterocycles. The first-order valence-corrected chi connectivity index (χ1v) is 12.1. The first kappa shape index (κ1) is 21.3. The molecule has 1 heterocycles. The Morgan fingerprint density at radius 1 is 1.07 bits per heavy atom. The van der Waals surface area contributed by atoms with Crippen LogP contribution in [0.2, 0.25) is 0 Å². The highest BCUT2D eigenvalue weighted by molar-refractivity contribution is 9.10. The topological polar surface area (TPSA) is 90.0 Å². The van der Waals surface area contributed by atoms with Crippen molar-refractivity contribution < 1.29 is 18.3 Å². The largest absolute Gasteiger partial charge is 0.480 e. The van der Waals surface area contributed by atoms with Crippen molar-refractivity contribution in [1.82, 2.24) is 9.03 Å². The molecule has 0 amide bonds. The van der Waals surface area contributed by atoms with Gasteiger partial charge in [-0.1, -0.05) is 53.2 Å². The number of carboxylic acid groups (broad SMARTS) is 1. The monoisotopic (exact) mass is 493 g/mol. The van der Waals surface area contributed by atoms with E-state index < -0.39 is 27.6 Å². The van der Waals surface area contributed by atoms with Gasteiger partial charge in [-0.25, -0.2) is 0 Å². The Morgan fingerprint density at radius 2 is 1.67 bits per heavy atom. The molecule has 1 saturated heterocycles. The third-order valence-corrected chi connectivity index (χ3v) is 8.35. The standard InChI is InChI=1S/C21H24BrN3O4S/c1-15-19(16-5-3-2-4-6-16)21(15,20(26)27)23-30(28,29)25-13-11-24(12-14-25)18-9-7-17(22)8-10-18/h2-10,15,19,23H,11-14H2,1H3,(H,26,27)/t15?,19-,21+/m1/s1. The molecule has 0 aromatic heterocycles. The lowest BCUT2D eigenvalue weighted by Crippen LogP contribution is -2.56. The average molecular weight is 494 g/mol. The van der Waals surface area contributed by atoms with Gasteiger partial charge in [0.05, 0.1) is 0 Å². The molecule has 160 valence electrons. The fraction of sp³-hybridized carbons (Fsp3) is 0.381. The summed E-state index contributed by atoms with van der Waals surface area (Å²) >= 11 is 3.41. The predicted molar refractivity (Wildman–Crippen MR) is 119 cm³/mol. The van der Waals surface area contributed by atoms with E-state index >= 15 is 0 Å². The van der Waals surface area contributed by atoms with Gasteiger partial charge in [-0.15, -0.1) is 0 Å². The smallest absolute Gasteiger partial charge is 0.325 e. The minimum atomic E-state index is -3.94. The molecule has 3 atom stereocenters. The number of piperazine rings is 1. The lowest BCUT2D eigenvalue weighted by Gasteiger charge is -2.36. The van der Waals surface area contributed by atoms with Gasteiger partial charge in [0.2, 0.25) is 0 Å². The fourth-order valence-corrected chi connectivity index (χ4v) is 6.28. The lowest BCUT2D eigenvalue weighted by atomic mass is 10.1. The van der Waals surface area contributed by atoms with Gasteiger partial charge >= 0.3 is 5.97 Å². The summed E-state index contributed by atoms with van der Waals surface area (Å²) in [6.45, 7) is 3.46. The van der Waals surface area contributed by atoms with Crippen molar-refractivity contribution in [2.24, 2.45) is 5.92 Å². The summed E-state index contributed by atoms with van der Waals surface area (Å²) in [5.74, 6) is -1.87. The van der Waals surface area contributed by atoms with Crippen LogP contribution in [0.15, 0.2) is 59.1 Å². The van der Waals surface area contributed by atoms with Gasteiger partial charge < -0.3 is 10.0 Å². The van der Waals surface area contributed by atoms with Crippen molar-refractivity contribution >= 4 is 37.8 Å². The molecule has 0 radical (unpaired) electrons. The van der Waals surface area contributed by atoms with Crippen LogP contribution in [0.4, 0.5) is 5.69 Å². The van der Waals surface area contributed by atoms with E-state index in [1.807, 2.05) is 54.6 Å². The van der Waals surface area contributed by atoms with Gasteiger partial charge in [0.15, 0.2) is 0 Å². The van der Waals surface area contributed by atoms with Crippen LogP contribution in [0, 0.1) is 5.92 Å². The van der Waals surface area contributed by atoms with E-state index in [0.717, 1.165) is 15.7 Å². The summed E-state index contributed by atoms with van der Waals surface area (Å²) in [7, 11) is -3.94. The van der Waals surface area contributed by atoms with Crippen molar-refractivity contribution in [1.29, 1.82) is 0 Å². The molecule has 1 saturated carbocycles. The number of hydrogen-bond donors (Lipinski definition) is 2. The minimum Gasteiger partial charge on any atom is -0.480 e. The number of nitrogens with zero attached hydrogens (tertiary/aromatic N) is 2. The summed E-state index contributed by atoms with van der Waals surface area (Å²) in [5, 5.41) is 9.92. The minimum absolute atomic E-state index is 0.297. The molecule has 1 aliphatic carbocycles. The normalized spacial score (nSPS) is 27.1. The third kappa shape index (κ3) is 3.75. The zero-order valence-electron chi connectivity index (χ0n) is 16.5. The highest BCUT2D eigenvalue weighted by Crippen LogP contribution is 2.57. The number of nitrogens with one attached hydrogen (secondary N) is 1. The van der Waals surface area contributed by atoms with Crippen LogP contribution >= 0.6 is 15.9 Å². The summed E-state index contributed by atoms with van der Waals surface area (Å²) < 4.78 is 31.0. The summed E-state index contributed by atoms with van der Waals surface area (Å²) in [4.78, 5) is 14.3. The van der Waals surface area contributed by atoms with Crippen molar-refractivity contribution in [3.8, 4) is 0 Å². The van der Waals surface area contributed by atoms with Gasteiger partial charge in [-0.2, -0.15) is 17.4 Å². The Morgan fingerprint density at radius 3 is 2.23 bits per heavy atom. The van der Waals surface area contributed by atoms with Crippen LogP contribution in [-0.2, 0) is 15.0 Å². The van der Waals surface area contributed by atoms with Crippen LogP contribution in [0.3, 0.4) is 0 Å². The van der Waals surface area contributed by atoms with Crippen LogP contribution in [0.1, 0.15) is 18.4 Å². The van der Waals surface area contributed by atoms with E-state index in [9.17, 15) is 18.3 Å². The number of anilines is 1. The van der Waals surface area contributed by atoms with E-state index in [4.69, 9.17) is 0 Å². The van der Waals surface area contributed by atoms with Gasteiger partial charge in [0, 0.05) is 42.3 Å². The second-order valence-electron chi connectivity index (χ2n) is 7.82. The fourth-order valence-electron chi connectivity index (χ4n) is 4.42. The van der Waals surface area contributed by atoms with Crippen molar-refractivity contribution in [2.75, 3.05) is 31.1 Å². The highest BCUT2D eigenvalue weighted by atomic mass is 79.9. The second kappa shape index (κ2) is 7.96.